The number of rotatable bonds is 3. The maximum Gasteiger partial charge on any atom is 0.246 e. The molecule has 0 bridgehead atoms. The highest BCUT2D eigenvalue weighted by molar-refractivity contribution is 6.15. The Morgan fingerprint density at radius 1 is 0.840 bits per heavy atom. The average Bonchev–Trinajstić information content (AvgIpc) is 2.66. The van der Waals surface area contributed by atoms with Gasteiger partial charge in [0, 0.05) is 11.1 Å². The number of likely N-dealkylation sites (tertiary alicyclic amines) is 1. The van der Waals surface area contributed by atoms with Crippen molar-refractivity contribution in [1.29, 1.82) is 0 Å². The minimum absolute atomic E-state index is 0.0131. The molecular weight excluding hydrogens is 310 g/mol. The number of amides is 1. The van der Waals surface area contributed by atoms with E-state index in [4.69, 9.17) is 0 Å². The van der Waals surface area contributed by atoms with Gasteiger partial charge < -0.3 is 4.90 Å². The van der Waals surface area contributed by atoms with E-state index in [9.17, 15) is 9.59 Å². The predicted octanol–water partition coefficient (Wildman–Crippen LogP) is 3.75. The van der Waals surface area contributed by atoms with Gasteiger partial charge in [0.15, 0.2) is 5.78 Å². The molecular formula is C22H19NO2. The van der Waals surface area contributed by atoms with E-state index < -0.39 is 0 Å². The van der Waals surface area contributed by atoms with Crippen LogP contribution in [0.1, 0.15) is 11.1 Å². The highest BCUT2D eigenvalue weighted by atomic mass is 16.2. The van der Waals surface area contributed by atoms with E-state index in [1.54, 1.807) is 4.90 Å². The Morgan fingerprint density at radius 2 is 1.28 bits per heavy atom. The zero-order chi connectivity index (χ0) is 17.6. The Bertz CT molecular complexity index is 787. The number of nitrogens with zero attached hydrogens (tertiary/aromatic N) is 1. The largest absolute Gasteiger partial charge is 0.330 e. The third-order valence-electron chi connectivity index (χ3n) is 4.07. The van der Waals surface area contributed by atoms with Crippen LogP contribution in [0.3, 0.4) is 0 Å². The van der Waals surface area contributed by atoms with E-state index in [0.717, 1.165) is 11.1 Å². The van der Waals surface area contributed by atoms with Crippen LogP contribution < -0.4 is 0 Å². The Morgan fingerprint density at radius 3 is 1.68 bits per heavy atom. The Labute approximate surface area is 147 Å². The summed E-state index contributed by atoms with van der Waals surface area (Å²) >= 11 is 0. The summed E-state index contributed by atoms with van der Waals surface area (Å²) < 4.78 is 0. The molecule has 1 aliphatic heterocycles. The lowest BCUT2D eigenvalue weighted by molar-refractivity contribution is -0.126. The van der Waals surface area contributed by atoms with Crippen molar-refractivity contribution in [2.45, 2.75) is 0 Å². The topological polar surface area (TPSA) is 37.4 Å². The molecule has 3 rings (SSSR count). The molecule has 25 heavy (non-hydrogen) atoms. The Balaban J connectivity index is 1.99. The van der Waals surface area contributed by atoms with E-state index in [-0.39, 0.29) is 11.7 Å². The van der Waals surface area contributed by atoms with Crippen molar-refractivity contribution >= 4 is 23.8 Å². The van der Waals surface area contributed by atoms with E-state index in [0.29, 0.717) is 24.2 Å². The molecule has 0 saturated carbocycles. The van der Waals surface area contributed by atoms with Crippen LogP contribution in [-0.4, -0.2) is 29.7 Å². The SMILES string of the molecule is C=CC(=O)N1C/C(=C/c2ccccc2)C(=O)/C(=C/c2ccccc2)C1. The summed E-state index contributed by atoms with van der Waals surface area (Å²) in [4.78, 5) is 26.6. The molecule has 0 atom stereocenters. The normalized spacial score (nSPS) is 17.8. The van der Waals surface area contributed by atoms with E-state index >= 15 is 0 Å². The summed E-state index contributed by atoms with van der Waals surface area (Å²) in [5.74, 6) is -0.189. The molecule has 0 aliphatic carbocycles. The van der Waals surface area contributed by atoms with Gasteiger partial charge in [-0.05, 0) is 29.4 Å². The first-order chi connectivity index (χ1) is 12.2. The van der Waals surface area contributed by atoms with Gasteiger partial charge in [-0.15, -0.1) is 0 Å². The van der Waals surface area contributed by atoms with Gasteiger partial charge in [-0.25, -0.2) is 0 Å². The summed E-state index contributed by atoms with van der Waals surface area (Å²) in [5.41, 5.74) is 3.10. The summed E-state index contributed by atoms with van der Waals surface area (Å²) in [5, 5.41) is 0. The van der Waals surface area contributed by atoms with Gasteiger partial charge in [-0.1, -0.05) is 67.2 Å². The van der Waals surface area contributed by atoms with Crippen LogP contribution in [0.5, 0.6) is 0 Å². The smallest absolute Gasteiger partial charge is 0.246 e. The van der Waals surface area contributed by atoms with Gasteiger partial charge in [0.2, 0.25) is 5.91 Å². The van der Waals surface area contributed by atoms with Gasteiger partial charge in [-0.2, -0.15) is 0 Å². The first-order valence-electron chi connectivity index (χ1n) is 8.14. The molecule has 0 radical (unpaired) electrons. The summed E-state index contributed by atoms with van der Waals surface area (Å²) in [7, 11) is 0. The van der Waals surface area contributed by atoms with Crippen molar-refractivity contribution in [3.05, 3.63) is 95.6 Å². The molecule has 3 nitrogen and oxygen atoms in total. The van der Waals surface area contributed by atoms with E-state index in [2.05, 4.69) is 6.58 Å². The van der Waals surface area contributed by atoms with E-state index in [1.807, 2.05) is 72.8 Å². The van der Waals surface area contributed by atoms with Crippen LogP contribution in [0.2, 0.25) is 0 Å². The molecule has 0 N–H and O–H groups in total. The van der Waals surface area contributed by atoms with Crippen LogP contribution in [0, 0.1) is 0 Å². The molecule has 0 spiro atoms. The number of Topliss-reactive ketones (excluding diaryl/α,β-unsaturated/α-hetero) is 1. The fourth-order valence-corrected chi connectivity index (χ4v) is 2.83. The summed E-state index contributed by atoms with van der Waals surface area (Å²) in [6.07, 6.45) is 4.99. The van der Waals surface area contributed by atoms with Crippen LogP contribution >= 0.6 is 0 Å². The molecule has 2 aromatic carbocycles. The van der Waals surface area contributed by atoms with Crippen molar-refractivity contribution in [2.24, 2.45) is 0 Å². The second-order valence-electron chi connectivity index (χ2n) is 5.89. The third kappa shape index (κ3) is 4.01. The third-order valence-corrected chi connectivity index (χ3v) is 4.07. The number of hydrogen-bond donors (Lipinski definition) is 0. The standard InChI is InChI=1S/C22H19NO2/c1-2-21(24)23-15-19(13-17-9-5-3-6-10-17)22(25)20(16-23)14-18-11-7-4-8-12-18/h2-14H,1,15-16H2/b19-13-,20-14+. The molecule has 2 aromatic rings. The van der Waals surface area contributed by atoms with Crippen molar-refractivity contribution < 1.29 is 9.59 Å². The first kappa shape index (κ1) is 16.7. The van der Waals surface area contributed by atoms with Crippen LogP contribution in [0.15, 0.2) is 84.5 Å². The lowest BCUT2D eigenvalue weighted by Crippen LogP contribution is -2.40. The van der Waals surface area contributed by atoms with Crippen LogP contribution in [-0.2, 0) is 9.59 Å². The van der Waals surface area contributed by atoms with Crippen molar-refractivity contribution in [2.75, 3.05) is 13.1 Å². The highest BCUT2D eigenvalue weighted by Crippen LogP contribution is 2.22. The van der Waals surface area contributed by atoms with Crippen LogP contribution in [0.25, 0.3) is 12.2 Å². The van der Waals surface area contributed by atoms with Gasteiger partial charge in [0.05, 0.1) is 13.1 Å². The molecule has 1 saturated heterocycles. The quantitative estimate of drug-likeness (QED) is 0.804. The van der Waals surface area contributed by atoms with Crippen molar-refractivity contribution in [3.8, 4) is 0 Å². The number of ketones is 1. The summed E-state index contributed by atoms with van der Waals surface area (Å²) in [6, 6.07) is 19.3. The average molecular weight is 329 g/mol. The number of piperidine rings is 1. The lowest BCUT2D eigenvalue weighted by atomic mass is 9.94. The number of carbonyl (C=O) groups excluding carboxylic acids is 2. The number of carbonyl (C=O) groups is 2. The second-order valence-corrected chi connectivity index (χ2v) is 5.89. The van der Waals surface area contributed by atoms with Gasteiger partial charge in [0.1, 0.15) is 0 Å². The molecule has 0 unspecified atom stereocenters. The van der Waals surface area contributed by atoms with Gasteiger partial charge in [0.25, 0.3) is 0 Å². The molecule has 1 amide bonds. The van der Waals surface area contributed by atoms with Gasteiger partial charge in [-0.3, -0.25) is 9.59 Å². The van der Waals surface area contributed by atoms with Crippen molar-refractivity contribution in [3.63, 3.8) is 0 Å². The summed E-state index contributed by atoms with van der Waals surface area (Å²) in [6.45, 7) is 4.15. The zero-order valence-corrected chi connectivity index (χ0v) is 13.9. The molecule has 3 heteroatoms. The molecule has 0 aromatic heterocycles. The predicted molar refractivity (Wildman–Crippen MR) is 101 cm³/mol. The lowest BCUT2D eigenvalue weighted by Gasteiger charge is -2.29. The number of benzene rings is 2. The molecule has 124 valence electrons. The minimum atomic E-state index is -0.176. The minimum Gasteiger partial charge on any atom is -0.330 e. The van der Waals surface area contributed by atoms with Crippen LogP contribution in [0.4, 0.5) is 0 Å². The Hall–Kier alpha value is -3.20. The molecule has 1 heterocycles. The number of hydrogen-bond acceptors (Lipinski definition) is 2. The second kappa shape index (κ2) is 7.58. The molecule has 1 aliphatic rings. The maximum absolute atomic E-state index is 12.9. The van der Waals surface area contributed by atoms with Gasteiger partial charge >= 0.3 is 0 Å². The first-order valence-corrected chi connectivity index (χ1v) is 8.14. The fourth-order valence-electron chi connectivity index (χ4n) is 2.83. The monoisotopic (exact) mass is 329 g/mol. The Kier molecular flexibility index (Phi) is 5.05. The van der Waals surface area contributed by atoms with Crippen molar-refractivity contribution in [1.82, 2.24) is 4.90 Å². The zero-order valence-electron chi connectivity index (χ0n) is 13.9. The fraction of sp³-hybridized carbons (Fsp3) is 0.0909. The maximum atomic E-state index is 12.9. The highest BCUT2D eigenvalue weighted by Gasteiger charge is 2.27. The van der Waals surface area contributed by atoms with E-state index in [1.165, 1.54) is 6.08 Å². The molecule has 1 fully saturated rings.